The number of hydrogen-bond donors (Lipinski definition) is 1. The van der Waals surface area contributed by atoms with Crippen molar-refractivity contribution in [3.63, 3.8) is 0 Å². The lowest BCUT2D eigenvalue weighted by atomic mass is 9.82. The van der Waals surface area contributed by atoms with Gasteiger partial charge in [0, 0.05) is 37.8 Å². The lowest BCUT2D eigenvalue weighted by Gasteiger charge is -2.51. The highest BCUT2D eigenvalue weighted by Gasteiger charge is 2.39. The van der Waals surface area contributed by atoms with Gasteiger partial charge < -0.3 is 10.2 Å². The monoisotopic (exact) mass is 223 g/mol. The van der Waals surface area contributed by atoms with Gasteiger partial charge in [-0.3, -0.25) is 4.90 Å². The molecule has 4 heterocycles. The Labute approximate surface area is 99.2 Å². The molecule has 0 aromatic rings. The minimum atomic E-state index is 0.666. The summed E-state index contributed by atoms with van der Waals surface area (Å²) >= 11 is 0. The average molecular weight is 223 g/mol. The molecular formula is C13H25N3. The summed E-state index contributed by atoms with van der Waals surface area (Å²) in [6, 6.07) is 2.19. The minimum Gasteiger partial charge on any atom is -0.309 e. The predicted octanol–water partition coefficient (Wildman–Crippen LogP) is 0.763. The van der Waals surface area contributed by atoms with Gasteiger partial charge in [0.05, 0.1) is 0 Å². The number of piperidine rings is 3. The molecule has 92 valence electrons. The average Bonchev–Trinajstić information content (AvgIpc) is 2.29. The molecule has 3 nitrogen and oxygen atoms in total. The topological polar surface area (TPSA) is 18.5 Å². The van der Waals surface area contributed by atoms with Gasteiger partial charge in [-0.05, 0) is 45.7 Å². The van der Waals surface area contributed by atoms with E-state index < -0.39 is 0 Å². The second kappa shape index (κ2) is 4.28. The molecule has 0 aliphatic carbocycles. The Morgan fingerprint density at radius 1 is 0.938 bits per heavy atom. The second-order valence-electron chi connectivity index (χ2n) is 6.13. The van der Waals surface area contributed by atoms with Gasteiger partial charge in [0.15, 0.2) is 0 Å². The normalized spacial score (nSPS) is 49.5. The van der Waals surface area contributed by atoms with Crippen molar-refractivity contribution >= 4 is 0 Å². The van der Waals surface area contributed by atoms with E-state index in [9.17, 15) is 0 Å². The van der Waals surface area contributed by atoms with Crippen molar-refractivity contribution in [1.29, 1.82) is 0 Å². The third kappa shape index (κ3) is 2.01. The fourth-order valence-corrected chi connectivity index (χ4v) is 3.99. The molecule has 3 heteroatoms. The third-order valence-corrected chi connectivity index (χ3v) is 4.68. The van der Waals surface area contributed by atoms with E-state index >= 15 is 0 Å². The van der Waals surface area contributed by atoms with Gasteiger partial charge in [-0.1, -0.05) is 0 Å². The molecule has 0 spiro atoms. The first-order valence-corrected chi connectivity index (χ1v) is 6.95. The maximum absolute atomic E-state index is 3.64. The maximum Gasteiger partial charge on any atom is 0.0253 e. The first-order valence-electron chi connectivity index (χ1n) is 6.95. The minimum absolute atomic E-state index is 0.666. The second-order valence-corrected chi connectivity index (χ2v) is 6.13. The van der Waals surface area contributed by atoms with Gasteiger partial charge in [0.25, 0.3) is 0 Å². The summed E-state index contributed by atoms with van der Waals surface area (Å²) in [5.74, 6) is 0.988. The zero-order chi connectivity index (χ0) is 11.1. The van der Waals surface area contributed by atoms with Crippen molar-refractivity contribution in [3.8, 4) is 0 Å². The Bertz CT molecular complexity index is 238. The zero-order valence-electron chi connectivity index (χ0n) is 10.7. The summed E-state index contributed by atoms with van der Waals surface area (Å²) < 4.78 is 0. The van der Waals surface area contributed by atoms with Crippen LogP contribution in [0.2, 0.25) is 0 Å². The molecule has 4 fully saturated rings. The number of piperazine rings is 1. The molecule has 4 rings (SSSR count). The summed E-state index contributed by atoms with van der Waals surface area (Å²) in [7, 11) is 0. The lowest BCUT2D eigenvalue weighted by Crippen LogP contribution is -2.64. The highest BCUT2D eigenvalue weighted by molar-refractivity contribution is 4.95. The number of rotatable bonds is 1. The van der Waals surface area contributed by atoms with Gasteiger partial charge in [0.1, 0.15) is 0 Å². The molecule has 4 aliphatic heterocycles. The first-order chi connectivity index (χ1) is 7.72. The summed E-state index contributed by atoms with van der Waals surface area (Å²) in [4.78, 5) is 5.43. The number of fused-ring (bicyclic) bond motifs is 3. The van der Waals surface area contributed by atoms with Crippen LogP contribution in [0.3, 0.4) is 0 Å². The number of hydrogen-bond acceptors (Lipinski definition) is 3. The van der Waals surface area contributed by atoms with Crippen LogP contribution in [0.5, 0.6) is 0 Å². The molecule has 0 aromatic heterocycles. The van der Waals surface area contributed by atoms with Crippen LogP contribution in [0, 0.1) is 5.92 Å². The van der Waals surface area contributed by atoms with Crippen molar-refractivity contribution in [3.05, 3.63) is 0 Å². The Morgan fingerprint density at radius 2 is 1.56 bits per heavy atom. The molecule has 1 N–H and O–H groups in total. The van der Waals surface area contributed by atoms with Crippen molar-refractivity contribution in [2.75, 3.05) is 32.7 Å². The molecule has 3 atom stereocenters. The predicted molar refractivity (Wildman–Crippen MR) is 66.6 cm³/mol. The van der Waals surface area contributed by atoms with Crippen molar-refractivity contribution in [1.82, 2.24) is 15.1 Å². The van der Waals surface area contributed by atoms with Crippen LogP contribution < -0.4 is 5.32 Å². The van der Waals surface area contributed by atoms with E-state index in [0.717, 1.165) is 12.0 Å². The summed E-state index contributed by atoms with van der Waals surface area (Å²) in [5, 5.41) is 3.64. The Morgan fingerprint density at radius 3 is 2.06 bits per heavy atom. The van der Waals surface area contributed by atoms with Crippen LogP contribution in [0.15, 0.2) is 0 Å². The van der Waals surface area contributed by atoms with E-state index in [-0.39, 0.29) is 0 Å². The van der Waals surface area contributed by atoms with Gasteiger partial charge in [0.2, 0.25) is 0 Å². The molecule has 0 radical (unpaired) electrons. The number of nitrogens with zero attached hydrogens (tertiary/aromatic N) is 2. The van der Waals surface area contributed by atoms with Crippen molar-refractivity contribution < 1.29 is 0 Å². The van der Waals surface area contributed by atoms with Gasteiger partial charge in [-0.2, -0.15) is 0 Å². The summed E-state index contributed by atoms with van der Waals surface area (Å²) in [6.07, 6.45) is 2.88. The molecule has 16 heavy (non-hydrogen) atoms. The summed E-state index contributed by atoms with van der Waals surface area (Å²) in [5.41, 5.74) is 0. The van der Waals surface area contributed by atoms with Crippen LogP contribution >= 0.6 is 0 Å². The van der Waals surface area contributed by atoms with E-state index in [2.05, 4.69) is 29.0 Å². The van der Waals surface area contributed by atoms with E-state index in [1.807, 2.05) is 0 Å². The van der Waals surface area contributed by atoms with Gasteiger partial charge in [-0.25, -0.2) is 0 Å². The molecule has 0 aromatic carbocycles. The van der Waals surface area contributed by atoms with Gasteiger partial charge in [-0.15, -0.1) is 0 Å². The number of nitrogens with one attached hydrogen (secondary N) is 1. The maximum atomic E-state index is 3.64. The molecular weight excluding hydrogens is 198 g/mol. The highest BCUT2D eigenvalue weighted by Crippen LogP contribution is 2.31. The fourth-order valence-electron chi connectivity index (χ4n) is 3.99. The van der Waals surface area contributed by atoms with E-state index in [0.29, 0.717) is 12.1 Å². The SMILES string of the molecule is CC1CN(C2CN3CCC2CC3)CC(C)N1. The van der Waals surface area contributed by atoms with E-state index in [4.69, 9.17) is 0 Å². The smallest absolute Gasteiger partial charge is 0.0253 e. The highest BCUT2D eigenvalue weighted by atomic mass is 15.3. The third-order valence-electron chi connectivity index (χ3n) is 4.68. The molecule has 0 saturated carbocycles. The fraction of sp³-hybridized carbons (Fsp3) is 1.00. The van der Waals surface area contributed by atoms with Crippen LogP contribution in [0.1, 0.15) is 26.7 Å². The molecule has 0 amide bonds. The Balaban J connectivity index is 1.68. The standard InChI is InChI=1S/C13H25N3/c1-10-7-16(8-11(2)14-10)13-9-15-5-3-12(13)4-6-15/h10-14H,3-9H2,1-2H3. The van der Waals surface area contributed by atoms with Crippen molar-refractivity contribution in [2.45, 2.75) is 44.8 Å². The van der Waals surface area contributed by atoms with Crippen LogP contribution in [0.25, 0.3) is 0 Å². The molecule has 2 bridgehead atoms. The Hall–Kier alpha value is -0.120. The summed E-state index contributed by atoms with van der Waals surface area (Å²) in [6.45, 7) is 11.2. The molecule has 4 saturated heterocycles. The van der Waals surface area contributed by atoms with E-state index in [1.165, 1.54) is 45.6 Å². The first kappa shape index (κ1) is 11.0. The molecule has 4 aliphatic rings. The van der Waals surface area contributed by atoms with Crippen LogP contribution in [-0.4, -0.2) is 60.6 Å². The zero-order valence-corrected chi connectivity index (χ0v) is 10.7. The van der Waals surface area contributed by atoms with E-state index in [1.54, 1.807) is 0 Å². The van der Waals surface area contributed by atoms with Gasteiger partial charge >= 0.3 is 0 Å². The van der Waals surface area contributed by atoms with Crippen LogP contribution in [-0.2, 0) is 0 Å². The Kier molecular flexibility index (Phi) is 2.94. The molecule has 3 unspecified atom stereocenters. The largest absolute Gasteiger partial charge is 0.309 e. The quantitative estimate of drug-likeness (QED) is 0.708. The van der Waals surface area contributed by atoms with Crippen molar-refractivity contribution in [2.24, 2.45) is 5.92 Å². The lowest BCUT2D eigenvalue weighted by molar-refractivity contribution is -0.0117. The van der Waals surface area contributed by atoms with Crippen LogP contribution in [0.4, 0.5) is 0 Å².